The first-order valence-corrected chi connectivity index (χ1v) is 42.7. The maximum Gasteiger partial charge on any atom is 0.0468 e. The average molecular weight is 1550 g/mol. The molecule has 0 N–H and O–H groups in total. The van der Waals surface area contributed by atoms with Crippen molar-refractivity contribution in [1.29, 1.82) is 0 Å². The number of anilines is 3. The minimum atomic E-state index is 1.11. The van der Waals surface area contributed by atoms with Crippen LogP contribution in [0.3, 0.4) is 0 Å². The molecule has 1 nitrogen and oxygen atoms in total. The van der Waals surface area contributed by atoms with E-state index in [-0.39, 0.29) is 0 Å². The van der Waals surface area contributed by atoms with Gasteiger partial charge in [0.1, 0.15) is 0 Å². The van der Waals surface area contributed by atoms with Crippen LogP contribution in [0.4, 0.5) is 17.1 Å². The summed E-state index contributed by atoms with van der Waals surface area (Å²) in [6.07, 6.45) is 13.5. The summed E-state index contributed by atoms with van der Waals surface area (Å²) in [4.78, 5) is 2.52. The lowest BCUT2D eigenvalue weighted by molar-refractivity contribution is 1.29. The lowest BCUT2D eigenvalue weighted by Crippen LogP contribution is -2.10. The Labute approximate surface area is 708 Å². The highest BCUT2D eigenvalue weighted by Gasteiger charge is 2.23. The number of benzene rings is 21. The van der Waals surface area contributed by atoms with Crippen LogP contribution in [-0.4, -0.2) is 0 Å². The molecule has 0 radical (unpaired) electrons. The van der Waals surface area contributed by atoms with Gasteiger partial charge in [0.05, 0.1) is 0 Å². The third kappa shape index (κ3) is 12.6. The van der Waals surface area contributed by atoms with Gasteiger partial charge in [0.2, 0.25) is 0 Å². The van der Waals surface area contributed by atoms with Crippen molar-refractivity contribution in [2.24, 2.45) is 0 Å². The van der Waals surface area contributed by atoms with Crippen LogP contribution >= 0.6 is 0 Å². The van der Waals surface area contributed by atoms with Crippen LogP contribution in [-0.2, 0) is 0 Å². The second-order valence-electron chi connectivity index (χ2n) is 34.2. The number of rotatable bonds is 12. The van der Waals surface area contributed by atoms with E-state index in [2.05, 4.69) is 434 Å². The summed E-state index contributed by atoms with van der Waals surface area (Å²) in [5, 5.41) is 30.9. The van der Waals surface area contributed by atoms with Crippen LogP contribution < -0.4 is 4.90 Å². The molecule has 0 aliphatic rings. The molecular weight excluding hydrogens is 1460 g/mol. The van der Waals surface area contributed by atoms with Crippen LogP contribution in [0.1, 0.15) is 100 Å². The molecule has 0 heterocycles. The van der Waals surface area contributed by atoms with Crippen molar-refractivity contribution in [2.75, 3.05) is 4.90 Å². The van der Waals surface area contributed by atoms with E-state index in [1.54, 1.807) is 0 Å². The molecule has 0 aliphatic carbocycles. The number of nitrogens with zero attached hydrogens (tertiary/aromatic N) is 1. The fourth-order valence-electron chi connectivity index (χ4n) is 20.0. The first kappa shape index (κ1) is 74.3. The Morgan fingerprint density at radius 2 is 0.298 bits per heavy atom. The van der Waals surface area contributed by atoms with Crippen molar-refractivity contribution >= 4 is 183 Å². The van der Waals surface area contributed by atoms with Crippen LogP contribution in [0.15, 0.2) is 309 Å². The second kappa shape index (κ2) is 29.4. The van der Waals surface area contributed by atoms with Crippen molar-refractivity contribution in [3.63, 3.8) is 0 Å². The van der Waals surface area contributed by atoms with Crippen LogP contribution in [0.5, 0.6) is 0 Å². The largest absolute Gasteiger partial charge is 0.310 e. The number of fused-ring (bicyclic) bond motifs is 18. The van der Waals surface area contributed by atoms with E-state index in [0.29, 0.717) is 0 Å². The van der Waals surface area contributed by atoms with E-state index >= 15 is 0 Å². The molecule has 0 unspecified atom stereocenters. The standard InChI is InChI=1S/C120H93N/c1-70-73(4)112-61-85(37-52-103(112)100-22-16-13-19-97(70)100)28-25-82-31-40-88(41-32-82)91-46-55-106-109-58-49-94(67-118(109)79(10)76(7)115(106)64-91)121(95-50-59-110-107-56-47-92(65-116(107)77(8)80(11)119(110)68-95)89-42-33-83(34-43-89)26-29-86-38-53-104-101-23-17-14-20-98(101)71(2)74(5)113(104)62-86)96-51-60-111-108-57-48-93(66-117(108)78(9)81(12)120(111)69-96)90-44-35-84(36-45-90)27-30-87-39-54-105-102-24-18-15-21-99(102)72(3)75(6)114(105)63-87/h13-69H,1-12H3. The summed E-state index contributed by atoms with van der Waals surface area (Å²) in [7, 11) is 0. The van der Waals surface area contributed by atoms with Gasteiger partial charge in [-0.2, -0.15) is 0 Å². The molecule has 0 spiro atoms. The monoisotopic (exact) mass is 1550 g/mol. The van der Waals surface area contributed by atoms with E-state index in [9.17, 15) is 0 Å². The van der Waals surface area contributed by atoms with Gasteiger partial charge in [0.15, 0.2) is 0 Å². The molecule has 0 aromatic heterocycles. The molecule has 0 fully saturated rings. The fraction of sp³-hybridized carbons (Fsp3) is 0.100. The van der Waals surface area contributed by atoms with Crippen LogP contribution in [0, 0.1) is 83.1 Å². The Morgan fingerprint density at radius 3 is 0.545 bits per heavy atom. The molecule has 21 aromatic carbocycles. The molecule has 0 saturated carbocycles. The van der Waals surface area contributed by atoms with Crippen molar-refractivity contribution < 1.29 is 0 Å². The SMILES string of the molecule is Cc1c(C)c2cc(C=Cc3ccc(-c4ccc5c(c4)c(C)c(C)c4cc(N(c6ccc7c(c6)c(C)c(C)c6cc(-c8ccc(C=Cc9ccc%10c(c9)c(C)c(C)c9ccccc9%10)cc8)ccc67)c6ccc7c(c6)c(C)c(C)c6cc(-c8ccc(C=Cc9ccc%10c(c9)c(C)c(C)c9ccccc9%10)cc8)ccc67)ccc45)cc3)ccc2c2ccccc12. The van der Waals surface area contributed by atoms with Gasteiger partial charge in [-0.3, -0.25) is 0 Å². The summed E-state index contributed by atoms with van der Waals surface area (Å²) in [5.41, 5.74) is 33.5. The summed E-state index contributed by atoms with van der Waals surface area (Å²) in [6.45, 7) is 27.4. The molecule has 0 amide bonds. The van der Waals surface area contributed by atoms with Gasteiger partial charge in [-0.05, 0) is 419 Å². The smallest absolute Gasteiger partial charge is 0.0468 e. The molecule has 121 heavy (non-hydrogen) atoms. The van der Waals surface area contributed by atoms with Gasteiger partial charge in [-0.25, -0.2) is 0 Å². The van der Waals surface area contributed by atoms with E-state index < -0.39 is 0 Å². The molecule has 0 aliphatic heterocycles. The third-order valence-corrected chi connectivity index (χ3v) is 27.9. The molecule has 21 aromatic rings. The van der Waals surface area contributed by atoms with Gasteiger partial charge >= 0.3 is 0 Å². The van der Waals surface area contributed by atoms with Crippen LogP contribution in [0.25, 0.3) is 199 Å². The number of hydrogen-bond donors (Lipinski definition) is 0. The van der Waals surface area contributed by atoms with Crippen molar-refractivity contribution in [2.45, 2.75) is 83.1 Å². The predicted molar refractivity (Wildman–Crippen MR) is 530 cm³/mol. The lowest BCUT2D eigenvalue weighted by atomic mass is 9.89. The molecule has 0 atom stereocenters. The van der Waals surface area contributed by atoms with Crippen molar-refractivity contribution in [3.8, 4) is 33.4 Å². The summed E-state index contributed by atoms with van der Waals surface area (Å²) >= 11 is 0. The zero-order valence-corrected chi connectivity index (χ0v) is 70.9. The third-order valence-electron chi connectivity index (χ3n) is 27.9. The van der Waals surface area contributed by atoms with Crippen LogP contribution in [0.2, 0.25) is 0 Å². The Hall–Kier alpha value is -14.2. The maximum absolute atomic E-state index is 2.52. The molecule has 0 bridgehead atoms. The van der Waals surface area contributed by atoms with Gasteiger partial charge in [0.25, 0.3) is 0 Å². The van der Waals surface area contributed by atoms with Crippen molar-refractivity contribution in [3.05, 3.63) is 410 Å². The molecule has 21 rings (SSSR count). The normalized spacial score (nSPS) is 12.2. The van der Waals surface area contributed by atoms with E-state index in [4.69, 9.17) is 0 Å². The Morgan fingerprint density at radius 1 is 0.132 bits per heavy atom. The topological polar surface area (TPSA) is 3.24 Å². The lowest BCUT2D eigenvalue weighted by Gasteiger charge is -2.28. The average Bonchev–Trinajstić information content (AvgIpc) is 0.597. The zero-order chi connectivity index (χ0) is 82.3. The Kier molecular flexibility index (Phi) is 18.0. The summed E-state index contributed by atoms with van der Waals surface area (Å²) in [6, 6.07) is 117. The Bertz CT molecular complexity index is 7340. The summed E-state index contributed by atoms with van der Waals surface area (Å²) < 4.78 is 0. The molecule has 578 valence electrons. The minimum absolute atomic E-state index is 1.11. The number of aryl methyl sites for hydroxylation is 12. The Balaban J connectivity index is 0.610. The number of hydrogen-bond acceptors (Lipinski definition) is 1. The second-order valence-corrected chi connectivity index (χ2v) is 34.2. The highest BCUT2D eigenvalue weighted by molar-refractivity contribution is 6.18. The van der Waals surface area contributed by atoms with E-state index in [1.165, 1.54) is 263 Å². The van der Waals surface area contributed by atoms with Crippen molar-refractivity contribution in [1.82, 2.24) is 0 Å². The first-order valence-electron chi connectivity index (χ1n) is 42.7. The maximum atomic E-state index is 2.52. The van der Waals surface area contributed by atoms with Gasteiger partial charge < -0.3 is 4.90 Å². The fourth-order valence-corrected chi connectivity index (χ4v) is 20.0. The zero-order valence-electron chi connectivity index (χ0n) is 70.9. The minimum Gasteiger partial charge on any atom is -0.310 e. The quantitative estimate of drug-likeness (QED) is 0.0870. The highest BCUT2D eigenvalue weighted by atomic mass is 15.1. The van der Waals surface area contributed by atoms with Gasteiger partial charge in [-0.15, -0.1) is 0 Å². The molecule has 0 saturated heterocycles. The van der Waals surface area contributed by atoms with E-state index in [1.807, 2.05) is 0 Å². The van der Waals surface area contributed by atoms with Gasteiger partial charge in [-0.1, -0.05) is 273 Å². The molecule has 1 heteroatoms. The summed E-state index contributed by atoms with van der Waals surface area (Å²) in [5.74, 6) is 0. The van der Waals surface area contributed by atoms with Gasteiger partial charge in [0, 0.05) is 17.1 Å². The predicted octanol–water partition coefficient (Wildman–Crippen LogP) is 34.2. The first-order chi connectivity index (χ1) is 58.9. The molecular formula is C120H93N. The van der Waals surface area contributed by atoms with E-state index in [0.717, 1.165) is 17.1 Å². The highest BCUT2D eigenvalue weighted by Crippen LogP contribution is 2.47.